The van der Waals surface area contributed by atoms with Crippen molar-refractivity contribution in [3.05, 3.63) is 57.5 Å². The second-order valence-electron chi connectivity index (χ2n) is 9.80. The molecule has 4 fully saturated rings. The van der Waals surface area contributed by atoms with Crippen molar-refractivity contribution in [3.63, 3.8) is 0 Å². The molecule has 29 heavy (non-hydrogen) atoms. The minimum Gasteiger partial charge on any atom is -0.380 e. The zero-order chi connectivity index (χ0) is 20.0. The molecule has 0 saturated heterocycles. The van der Waals surface area contributed by atoms with Gasteiger partial charge in [-0.1, -0.05) is 41.9 Å². The topological polar surface area (TPSA) is 46.9 Å². The van der Waals surface area contributed by atoms with Crippen molar-refractivity contribution in [2.75, 3.05) is 5.32 Å². The molecule has 1 unspecified atom stereocenters. The number of aromatic nitrogens is 2. The van der Waals surface area contributed by atoms with Gasteiger partial charge in [-0.05, 0) is 81.6 Å². The van der Waals surface area contributed by atoms with Gasteiger partial charge in [0, 0.05) is 6.04 Å². The fourth-order valence-electron chi connectivity index (χ4n) is 6.56. The van der Waals surface area contributed by atoms with Gasteiger partial charge >= 0.3 is 0 Å². The highest BCUT2D eigenvalue weighted by molar-refractivity contribution is 6.32. The number of aryl methyl sites for hydroxylation is 1. The van der Waals surface area contributed by atoms with Gasteiger partial charge in [0.1, 0.15) is 5.02 Å². The Kier molecular flexibility index (Phi) is 4.93. The first-order valence-electron chi connectivity index (χ1n) is 11.1. The van der Waals surface area contributed by atoms with E-state index in [9.17, 15) is 4.79 Å². The Balaban J connectivity index is 1.32. The molecule has 1 aromatic carbocycles. The van der Waals surface area contributed by atoms with Crippen molar-refractivity contribution < 1.29 is 0 Å². The summed E-state index contributed by atoms with van der Waals surface area (Å²) in [7, 11) is 0. The van der Waals surface area contributed by atoms with Crippen LogP contribution in [0.2, 0.25) is 5.02 Å². The van der Waals surface area contributed by atoms with Crippen LogP contribution in [0.1, 0.15) is 57.4 Å². The molecule has 5 heteroatoms. The van der Waals surface area contributed by atoms with Gasteiger partial charge in [0.25, 0.3) is 5.56 Å². The number of hydrogen-bond acceptors (Lipinski definition) is 3. The van der Waals surface area contributed by atoms with E-state index in [2.05, 4.69) is 41.6 Å². The van der Waals surface area contributed by atoms with E-state index in [1.165, 1.54) is 24.8 Å². The molecular weight excluding hydrogens is 382 g/mol. The van der Waals surface area contributed by atoms with Gasteiger partial charge in [0.05, 0.1) is 17.4 Å². The highest BCUT2D eigenvalue weighted by Crippen LogP contribution is 2.58. The Labute approximate surface area is 177 Å². The molecule has 4 saturated carbocycles. The summed E-state index contributed by atoms with van der Waals surface area (Å²) >= 11 is 6.56. The van der Waals surface area contributed by atoms with Crippen molar-refractivity contribution in [2.24, 2.45) is 17.8 Å². The van der Waals surface area contributed by atoms with E-state index in [1.54, 1.807) is 10.9 Å². The van der Waals surface area contributed by atoms with Crippen LogP contribution in [0.4, 0.5) is 5.69 Å². The summed E-state index contributed by atoms with van der Waals surface area (Å²) in [5.74, 6) is 2.30. The summed E-state index contributed by atoms with van der Waals surface area (Å²) in [6, 6.07) is 10.7. The molecule has 1 heterocycles. The molecule has 4 bridgehead atoms. The molecule has 4 nitrogen and oxygen atoms in total. The predicted octanol–water partition coefficient (Wildman–Crippen LogP) is 5.26. The molecule has 6 rings (SSSR count). The van der Waals surface area contributed by atoms with Gasteiger partial charge in [-0.15, -0.1) is 0 Å². The van der Waals surface area contributed by atoms with Crippen LogP contribution >= 0.6 is 11.6 Å². The molecule has 0 amide bonds. The van der Waals surface area contributed by atoms with E-state index in [0.29, 0.717) is 10.7 Å². The van der Waals surface area contributed by atoms with Crippen molar-refractivity contribution >= 4 is 17.3 Å². The minimum atomic E-state index is -0.117. The van der Waals surface area contributed by atoms with Crippen molar-refractivity contribution in [1.29, 1.82) is 0 Å². The normalized spacial score (nSPS) is 31.0. The molecule has 1 aromatic heterocycles. The Hall–Kier alpha value is -1.81. The summed E-state index contributed by atoms with van der Waals surface area (Å²) in [6.07, 6.45) is 11.1. The van der Waals surface area contributed by atoms with Gasteiger partial charge in [0.15, 0.2) is 0 Å². The summed E-state index contributed by atoms with van der Waals surface area (Å²) in [6.45, 7) is 2.13. The van der Waals surface area contributed by atoms with E-state index in [0.717, 1.165) is 49.9 Å². The zero-order valence-corrected chi connectivity index (χ0v) is 17.9. The number of anilines is 1. The van der Waals surface area contributed by atoms with Crippen LogP contribution in [-0.2, 0) is 12.0 Å². The molecular formula is C24H30ClN3O. The van der Waals surface area contributed by atoms with Crippen LogP contribution in [0.25, 0.3) is 0 Å². The first-order chi connectivity index (χ1) is 14.0. The third kappa shape index (κ3) is 3.61. The number of benzene rings is 1. The van der Waals surface area contributed by atoms with Crippen LogP contribution in [0.5, 0.6) is 0 Å². The van der Waals surface area contributed by atoms with Gasteiger partial charge < -0.3 is 5.32 Å². The van der Waals surface area contributed by atoms with Gasteiger partial charge in [0.2, 0.25) is 0 Å². The second kappa shape index (κ2) is 7.46. The smallest absolute Gasteiger partial charge is 0.288 e. The molecule has 0 aliphatic heterocycles. The quantitative estimate of drug-likeness (QED) is 0.705. The number of nitrogens with zero attached hydrogens (tertiary/aromatic N) is 2. The van der Waals surface area contributed by atoms with Crippen LogP contribution in [0.3, 0.4) is 0 Å². The minimum absolute atomic E-state index is 0.0903. The average Bonchev–Trinajstić information content (AvgIpc) is 2.69. The number of rotatable bonds is 6. The SMILES string of the molecule is CC(CCc1ccccc1)Nc1cnn(C23CC4CC(CC(C4)C2)C3)c(=O)c1Cl. The van der Waals surface area contributed by atoms with Gasteiger partial charge in [-0.25, -0.2) is 4.68 Å². The summed E-state index contributed by atoms with van der Waals surface area (Å²) in [5.41, 5.74) is 1.78. The van der Waals surface area contributed by atoms with Crippen molar-refractivity contribution in [1.82, 2.24) is 9.78 Å². The Morgan fingerprint density at radius 2 is 1.76 bits per heavy atom. The molecule has 1 N–H and O–H groups in total. The Morgan fingerprint density at radius 3 is 2.38 bits per heavy atom. The molecule has 1 atom stereocenters. The monoisotopic (exact) mass is 411 g/mol. The highest BCUT2D eigenvalue weighted by atomic mass is 35.5. The number of nitrogens with one attached hydrogen (secondary N) is 1. The standard InChI is InChI=1S/C24H30ClN3O/c1-16(7-8-17-5-3-2-4-6-17)27-21-15-26-28(23(29)22(21)25)24-12-18-9-19(13-24)11-20(10-18)14-24/h2-6,15-16,18-20,27H,7-14H2,1H3. The van der Waals surface area contributed by atoms with Gasteiger partial charge in [-0.2, -0.15) is 5.10 Å². The van der Waals surface area contributed by atoms with E-state index in [1.807, 2.05) is 6.07 Å². The lowest BCUT2D eigenvalue weighted by Crippen LogP contribution is -2.55. The number of halogens is 1. The van der Waals surface area contributed by atoms with Gasteiger partial charge in [-0.3, -0.25) is 4.79 Å². The third-order valence-electron chi connectivity index (χ3n) is 7.48. The molecule has 154 valence electrons. The van der Waals surface area contributed by atoms with E-state index in [-0.39, 0.29) is 17.1 Å². The lowest BCUT2D eigenvalue weighted by atomic mass is 9.53. The Bertz CT molecular complexity index is 904. The lowest BCUT2D eigenvalue weighted by Gasteiger charge is -2.56. The third-order valence-corrected chi connectivity index (χ3v) is 7.85. The zero-order valence-electron chi connectivity index (χ0n) is 17.1. The summed E-state index contributed by atoms with van der Waals surface area (Å²) < 4.78 is 1.76. The van der Waals surface area contributed by atoms with E-state index < -0.39 is 0 Å². The molecule has 4 aliphatic rings. The largest absolute Gasteiger partial charge is 0.380 e. The molecule has 0 spiro atoms. The fraction of sp³-hybridized carbons (Fsp3) is 0.583. The lowest BCUT2D eigenvalue weighted by molar-refractivity contribution is -0.0518. The average molecular weight is 412 g/mol. The van der Waals surface area contributed by atoms with Crippen LogP contribution in [-0.4, -0.2) is 15.8 Å². The maximum atomic E-state index is 13.2. The van der Waals surface area contributed by atoms with Crippen LogP contribution in [0.15, 0.2) is 41.3 Å². The second-order valence-corrected chi connectivity index (χ2v) is 10.2. The summed E-state index contributed by atoms with van der Waals surface area (Å²) in [4.78, 5) is 13.2. The number of hydrogen-bond donors (Lipinski definition) is 1. The summed E-state index contributed by atoms with van der Waals surface area (Å²) in [5, 5.41) is 8.37. The maximum Gasteiger partial charge on any atom is 0.288 e. The molecule has 4 aliphatic carbocycles. The van der Waals surface area contributed by atoms with E-state index >= 15 is 0 Å². The van der Waals surface area contributed by atoms with Crippen LogP contribution in [0, 0.1) is 17.8 Å². The van der Waals surface area contributed by atoms with Crippen molar-refractivity contribution in [2.45, 2.75) is 69.9 Å². The highest BCUT2D eigenvalue weighted by Gasteiger charge is 2.53. The molecule has 0 radical (unpaired) electrons. The maximum absolute atomic E-state index is 13.2. The predicted molar refractivity (Wildman–Crippen MR) is 118 cm³/mol. The van der Waals surface area contributed by atoms with E-state index in [4.69, 9.17) is 11.6 Å². The first kappa shape index (κ1) is 19.2. The molecule has 2 aromatic rings. The Morgan fingerprint density at radius 1 is 1.14 bits per heavy atom. The fourth-order valence-corrected chi connectivity index (χ4v) is 6.74. The van der Waals surface area contributed by atoms with Crippen LogP contribution < -0.4 is 10.9 Å². The first-order valence-corrected chi connectivity index (χ1v) is 11.5. The van der Waals surface area contributed by atoms with Crippen molar-refractivity contribution in [3.8, 4) is 0 Å².